The molecule has 0 aliphatic heterocycles. The number of methoxy groups -OCH3 is 2. The first-order valence-electron chi connectivity index (χ1n) is 6.11. The molecule has 0 bridgehead atoms. The summed E-state index contributed by atoms with van der Waals surface area (Å²) in [6, 6.07) is 5.70. The summed E-state index contributed by atoms with van der Waals surface area (Å²) < 4.78 is 12.3. The van der Waals surface area contributed by atoms with Gasteiger partial charge in [0, 0.05) is 18.3 Å². The maximum Gasteiger partial charge on any atom is 0.162 e. The minimum Gasteiger partial charge on any atom is -0.493 e. The molecule has 1 aromatic heterocycles. The van der Waals surface area contributed by atoms with Crippen molar-refractivity contribution in [3.8, 4) is 11.5 Å². The Morgan fingerprint density at radius 1 is 1.21 bits per heavy atom. The lowest BCUT2D eigenvalue weighted by Crippen LogP contribution is -2.09. The summed E-state index contributed by atoms with van der Waals surface area (Å²) in [5.41, 5.74) is 0.948. The summed E-state index contributed by atoms with van der Waals surface area (Å²) >= 11 is 0. The zero-order valence-corrected chi connectivity index (χ0v) is 11.4. The van der Waals surface area contributed by atoms with Crippen LogP contribution in [-0.4, -0.2) is 29.0 Å². The monoisotopic (exact) mass is 262 g/mol. The summed E-state index contributed by atoms with van der Waals surface area (Å²) in [7, 11) is 3.24. The van der Waals surface area contributed by atoms with E-state index in [1.54, 1.807) is 20.5 Å². The van der Waals surface area contributed by atoms with Gasteiger partial charge < -0.3 is 14.8 Å². The summed E-state index contributed by atoms with van der Waals surface area (Å²) in [5, 5.41) is 7.42. The van der Waals surface area contributed by atoms with E-state index in [0.29, 0.717) is 18.0 Å². The summed E-state index contributed by atoms with van der Waals surface area (Å²) in [5.74, 6) is 2.31. The van der Waals surface area contributed by atoms with Gasteiger partial charge in [0.15, 0.2) is 11.5 Å². The molecule has 0 fully saturated rings. The predicted octanol–water partition coefficient (Wildman–Crippen LogP) is 1.93. The van der Waals surface area contributed by atoms with Gasteiger partial charge in [-0.3, -0.25) is 0 Å². The Kier molecular flexibility index (Phi) is 4.22. The van der Waals surface area contributed by atoms with Crippen molar-refractivity contribution >= 4 is 5.69 Å². The highest BCUT2D eigenvalue weighted by Gasteiger charge is 2.06. The van der Waals surface area contributed by atoms with E-state index < -0.39 is 0 Å². The fraction of sp³-hybridized carbons (Fsp3) is 0.385. The summed E-state index contributed by atoms with van der Waals surface area (Å²) in [6.45, 7) is 3.46. The molecule has 1 aromatic carbocycles. The van der Waals surface area contributed by atoms with Crippen molar-refractivity contribution in [1.82, 2.24) is 14.8 Å². The fourth-order valence-corrected chi connectivity index (χ4v) is 1.82. The molecule has 0 amide bonds. The molecule has 19 heavy (non-hydrogen) atoms. The predicted molar refractivity (Wildman–Crippen MR) is 72.6 cm³/mol. The number of aromatic nitrogens is 3. The zero-order valence-electron chi connectivity index (χ0n) is 11.4. The largest absolute Gasteiger partial charge is 0.493 e. The van der Waals surface area contributed by atoms with Crippen LogP contribution in [0.25, 0.3) is 0 Å². The molecule has 2 aromatic rings. The summed E-state index contributed by atoms with van der Waals surface area (Å²) in [4.78, 5) is 4.21. The Bertz CT molecular complexity index is 539. The number of nitrogens with one attached hydrogen (secondary N) is 1. The van der Waals surface area contributed by atoms with Gasteiger partial charge in [-0.05, 0) is 19.1 Å². The third-order valence-corrected chi connectivity index (χ3v) is 2.83. The normalized spacial score (nSPS) is 10.3. The van der Waals surface area contributed by atoms with Crippen molar-refractivity contribution < 1.29 is 9.47 Å². The van der Waals surface area contributed by atoms with E-state index in [1.165, 1.54) is 0 Å². The van der Waals surface area contributed by atoms with Crippen LogP contribution in [0.4, 0.5) is 5.69 Å². The standard InChI is InChI=1S/C13H18N4O2/c1-4-17-13(15-9-16-17)8-14-10-5-6-11(18-2)12(7-10)19-3/h5-7,9,14H,4,8H2,1-3H3. The molecular weight excluding hydrogens is 244 g/mol. The maximum atomic E-state index is 5.26. The van der Waals surface area contributed by atoms with Crippen LogP contribution in [0.1, 0.15) is 12.7 Å². The Morgan fingerprint density at radius 2 is 2.00 bits per heavy atom. The molecule has 0 unspecified atom stereocenters. The van der Waals surface area contributed by atoms with Crippen molar-refractivity contribution in [1.29, 1.82) is 0 Å². The van der Waals surface area contributed by atoms with Crippen LogP contribution in [0.2, 0.25) is 0 Å². The van der Waals surface area contributed by atoms with Gasteiger partial charge in [0.1, 0.15) is 12.2 Å². The third kappa shape index (κ3) is 2.96. The van der Waals surface area contributed by atoms with Crippen LogP contribution in [0.3, 0.4) is 0 Å². The second-order valence-electron chi connectivity index (χ2n) is 3.92. The lowest BCUT2D eigenvalue weighted by atomic mass is 10.2. The van der Waals surface area contributed by atoms with Crippen molar-refractivity contribution in [2.45, 2.75) is 20.0 Å². The first kappa shape index (κ1) is 13.2. The third-order valence-electron chi connectivity index (χ3n) is 2.83. The lowest BCUT2D eigenvalue weighted by molar-refractivity contribution is 0.355. The highest BCUT2D eigenvalue weighted by molar-refractivity contribution is 5.54. The van der Waals surface area contributed by atoms with E-state index in [9.17, 15) is 0 Å². The molecule has 2 rings (SSSR count). The molecule has 0 radical (unpaired) electrons. The summed E-state index contributed by atoms with van der Waals surface area (Å²) in [6.07, 6.45) is 1.56. The molecule has 1 N–H and O–H groups in total. The van der Waals surface area contributed by atoms with Gasteiger partial charge in [-0.2, -0.15) is 5.10 Å². The molecule has 0 aliphatic rings. The highest BCUT2D eigenvalue weighted by atomic mass is 16.5. The second-order valence-corrected chi connectivity index (χ2v) is 3.92. The van der Waals surface area contributed by atoms with Crippen LogP contribution >= 0.6 is 0 Å². The Balaban J connectivity index is 2.07. The van der Waals surface area contributed by atoms with Crippen LogP contribution in [0.5, 0.6) is 11.5 Å². The maximum absolute atomic E-state index is 5.26. The quantitative estimate of drug-likeness (QED) is 0.862. The Morgan fingerprint density at radius 3 is 2.68 bits per heavy atom. The molecule has 0 spiro atoms. The number of hydrogen-bond acceptors (Lipinski definition) is 5. The average molecular weight is 262 g/mol. The van der Waals surface area contributed by atoms with Crippen LogP contribution in [-0.2, 0) is 13.1 Å². The molecule has 6 nitrogen and oxygen atoms in total. The van der Waals surface area contributed by atoms with E-state index >= 15 is 0 Å². The first-order valence-corrected chi connectivity index (χ1v) is 6.11. The van der Waals surface area contributed by atoms with E-state index in [-0.39, 0.29) is 0 Å². The topological polar surface area (TPSA) is 61.2 Å². The van der Waals surface area contributed by atoms with Crippen LogP contribution < -0.4 is 14.8 Å². The van der Waals surface area contributed by atoms with Gasteiger partial charge in [-0.1, -0.05) is 0 Å². The van der Waals surface area contributed by atoms with E-state index in [2.05, 4.69) is 15.4 Å². The zero-order chi connectivity index (χ0) is 13.7. The van der Waals surface area contributed by atoms with Crippen molar-refractivity contribution in [2.75, 3.05) is 19.5 Å². The van der Waals surface area contributed by atoms with Crippen molar-refractivity contribution in [2.24, 2.45) is 0 Å². The number of rotatable bonds is 6. The average Bonchev–Trinajstić information content (AvgIpc) is 2.92. The van der Waals surface area contributed by atoms with Gasteiger partial charge in [-0.25, -0.2) is 9.67 Å². The molecule has 102 valence electrons. The van der Waals surface area contributed by atoms with E-state index in [1.807, 2.05) is 29.8 Å². The number of nitrogens with zero attached hydrogens (tertiary/aromatic N) is 3. The molecule has 6 heteroatoms. The molecule has 0 aliphatic carbocycles. The Hall–Kier alpha value is -2.24. The molecular formula is C13H18N4O2. The van der Waals surface area contributed by atoms with E-state index in [0.717, 1.165) is 18.1 Å². The minimum atomic E-state index is 0.614. The number of benzene rings is 1. The number of hydrogen-bond donors (Lipinski definition) is 1. The lowest BCUT2D eigenvalue weighted by Gasteiger charge is -2.11. The molecule has 0 atom stereocenters. The van der Waals surface area contributed by atoms with Gasteiger partial charge in [0.05, 0.1) is 20.8 Å². The van der Waals surface area contributed by atoms with E-state index in [4.69, 9.17) is 9.47 Å². The smallest absolute Gasteiger partial charge is 0.162 e. The molecule has 1 heterocycles. The first-order chi connectivity index (χ1) is 9.28. The van der Waals surface area contributed by atoms with Crippen LogP contribution in [0, 0.1) is 0 Å². The molecule has 0 saturated heterocycles. The Labute approximate surface area is 112 Å². The minimum absolute atomic E-state index is 0.614. The van der Waals surface area contributed by atoms with Gasteiger partial charge in [0.2, 0.25) is 0 Å². The van der Waals surface area contributed by atoms with Gasteiger partial charge >= 0.3 is 0 Å². The van der Waals surface area contributed by atoms with Crippen molar-refractivity contribution in [3.63, 3.8) is 0 Å². The fourth-order valence-electron chi connectivity index (χ4n) is 1.82. The highest BCUT2D eigenvalue weighted by Crippen LogP contribution is 2.29. The van der Waals surface area contributed by atoms with Crippen molar-refractivity contribution in [3.05, 3.63) is 30.4 Å². The number of aryl methyl sites for hydroxylation is 1. The van der Waals surface area contributed by atoms with Gasteiger partial charge in [0.25, 0.3) is 0 Å². The molecule has 0 saturated carbocycles. The van der Waals surface area contributed by atoms with Crippen LogP contribution in [0.15, 0.2) is 24.5 Å². The SMILES string of the molecule is CCn1ncnc1CNc1ccc(OC)c(OC)c1. The number of anilines is 1. The second kappa shape index (κ2) is 6.08. The number of ether oxygens (including phenoxy) is 2. The van der Waals surface area contributed by atoms with Gasteiger partial charge in [-0.15, -0.1) is 0 Å².